The van der Waals surface area contributed by atoms with E-state index in [2.05, 4.69) is 4.98 Å². The summed E-state index contributed by atoms with van der Waals surface area (Å²) in [5.41, 5.74) is 11.3. The largest absolute Gasteiger partial charge is 0.324 e. The molecule has 1 aromatic heterocycles. The quantitative estimate of drug-likeness (QED) is 0.777. The molecule has 3 rings (SSSR count). The number of fused-ring (bicyclic) bond motifs is 1. The third-order valence-electron chi connectivity index (χ3n) is 3.91. The highest BCUT2D eigenvalue weighted by Crippen LogP contribution is 2.28. The Labute approximate surface area is 123 Å². The maximum absolute atomic E-state index is 14.4. The van der Waals surface area contributed by atoms with E-state index in [9.17, 15) is 4.39 Å². The van der Waals surface area contributed by atoms with Gasteiger partial charge < -0.3 is 5.73 Å². The van der Waals surface area contributed by atoms with Gasteiger partial charge in [0, 0.05) is 6.04 Å². The highest BCUT2D eigenvalue weighted by molar-refractivity contribution is 5.79. The summed E-state index contributed by atoms with van der Waals surface area (Å²) < 4.78 is 16.2. The highest BCUT2D eigenvalue weighted by atomic mass is 19.1. The van der Waals surface area contributed by atoms with Crippen LogP contribution in [-0.2, 0) is 0 Å². The standard InChI is InChI=1S/C17H18FN3/c1-10-7-15-16(8-11(10)2)21(9-20-15)17-13(12(3)19)5-4-6-14(17)18/h4-9,12H,19H2,1-3H3/t12-/m0/s1. The summed E-state index contributed by atoms with van der Waals surface area (Å²) in [6.07, 6.45) is 1.66. The Hall–Kier alpha value is -2.20. The Morgan fingerprint density at radius 3 is 2.62 bits per heavy atom. The molecule has 21 heavy (non-hydrogen) atoms. The van der Waals surface area contributed by atoms with Crippen LogP contribution in [0.5, 0.6) is 0 Å². The lowest BCUT2D eigenvalue weighted by Gasteiger charge is -2.15. The number of nitrogens with two attached hydrogens (primary N) is 1. The normalized spacial score (nSPS) is 12.8. The van der Waals surface area contributed by atoms with Crippen LogP contribution >= 0.6 is 0 Å². The number of aryl methyl sites for hydroxylation is 2. The van der Waals surface area contributed by atoms with Crippen molar-refractivity contribution < 1.29 is 4.39 Å². The van der Waals surface area contributed by atoms with Crippen LogP contribution in [0.1, 0.15) is 29.7 Å². The zero-order valence-corrected chi connectivity index (χ0v) is 12.4. The highest BCUT2D eigenvalue weighted by Gasteiger charge is 2.16. The Balaban J connectivity index is 2.34. The summed E-state index contributed by atoms with van der Waals surface area (Å²) in [6.45, 7) is 5.94. The zero-order chi connectivity index (χ0) is 15.1. The molecule has 0 radical (unpaired) electrons. The molecule has 2 N–H and O–H groups in total. The minimum absolute atomic E-state index is 0.250. The third-order valence-corrected chi connectivity index (χ3v) is 3.91. The minimum Gasteiger partial charge on any atom is -0.324 e. The Morgan fingerprint density at radius 2 is 1.90 bits per heavy atom. The van der Waals surface area contributed by atoms with E-state index in [0.717, 1.165) is 22.2 Å². The van der Waals surface area contributed by atoms with Gasteiger partial charge in [-0.1, -0.05) is 12.1 Å². The molecule has 0 amide bonds. The van der Waals surface area contributed by atoms with Gasteiger partial charge in [0.25, 0.3) is 0 Å². The summed E-state index contributed by atoms with van der Waals surface area (Å²) in [7, 11) is 0. The fourth-order valence-corrected chi connectivity index (χ4v) is 2.60. The monoisotopic (exact) mass is 283 g/mol. The number of imidazole rings is 1. The van der Waals surface area contributed by atoms with Crippen LogP contribution in [0.25, 0.3) is 16.7 Å². The van der Waals surface area contributed by atoms with E-state index in [1.54, 1.807) is 17.0 Å². The number of benzene rings is 2. The lowest BCUT2D eigenvalue weighted by atomic mass is 10.1. The maximum atomic E-state index is 14.4. The van der Waals surface area contributed by atoms with Gasteiger partial charge in [-0.05, 0) is 55.7 Å². The molecule has 4 heteroatoms. The molecule has 0 aliphatic rings. The predicted octanol–water partition coefficient (Wildman–Crippen LogP) is 3.80. The van der Waals surface area contributed by atoms with Gasteiger partial charge in [0.1, 0.15) is 12.1 Å². The predicted molar refractivity (Wildman–Crippen MR) is 83.1 cm³/mol. The second kappa shape index (κ2) is 4.97. The van der Waals surface area contributed by atoms with Gasteiger partial charge >= 0.3 is 0 Å². The molecule has 0 bridgehead atoms. The van der Waals surface area contributed by atoms with Crippen LogP contribution in [0.3, 0.4) is 0 Å². The molecule has 0 fully saturated rings. The molecule has 0 saturated carbocycles. The third kappa shape index (κ3) is 2.21. The van der Waals surface area contributed by atoms with Gasteiger partial charge in [0.15, 0.2) is 0 Å². The van der Waals surface area contributed by atoms with Crippen LogP contribution in [0.4, 0.5) is 4.39 Å². The summed E-state index contributed by atoms with van der Waals surface area (Å²) in [4.78, 5) is 4.39. The van der Waals surface area contributed by atoms with Crippen molar-refractivity contribution in [3.05, 3.63) is 59.2 Å². The zero-order valence-electron chi connectivity index (χ0n) is 12.4. The van der Waals surface area contributed by atoms with Crippen LogP contribution < -0.4 is 5.73 Å². The second-order valence-corrected chi connectivity index (χ2v) is 5.51. The first kappa shape index (κ1) is 13.8. The van der Waals surface area contributed by atoms with Gasteiger partial charge in [0.2, 0.25) is 0 Å². The number of hydrogen-bond acceptors (Lipinski definition) is 2. The molecule has 0 spiro atoms. The van der Waals surface area contributed by atoms with Crippen molar-refractivity contribution in [1.82, 2.24) is 9.55 Å². The van der Waals surface area contributed by atoms with E-state index in [1.165, 1.54) is 11.6 Å². The van der Waals surface area contributed by atoms with Gasteiger partial charge in [-0.25, -0.2) is 9.37 Å². The van der Waals surface area contributed by atoms with Gasteiger partial charge in [-0.3, -0.25) is 4.57 Å². The molecule has 2 aromatic carbocycles. The van der Waals surface area contributed by atoms with E-state index in [-0.39, 0.29) is 11.9 Å². The van der Waals surface area contributed by atoms with E-state index >= 15 is 0 Å². The first-order chi connectivity index (χ1) is 9.99. The second-order valence-electron chi connectivity index (χ2n) is 5.51. The van der Waals surface area contributed by atoms with Crippen molar-refractivity contribution in [3.63, 3.8) is 0 Å². The molecule has 1 heterocycles. The van der Waals surface area contributed by atoms with E-state index in [4.69, 9.17) is 5.73 Å². The smallest absolute Gasteiger partial charge is 0.147 e. The van der Waals surface area contributed by atoms with Crippen molar-refractivity contribution in [2.45, 2.75) is 26.8 Å². The number of aromatic nitrogens is 2. The molecule has 0 unspecified atom stereocenters. The number of para-hydroxylation sites is 1. The molecule has 3 nitrogen and oxygen atoms in total. The first-order valence-electron chi connectivity index (χ1n) is 6.97. The summed E-state index contributed by atoms with van der Waals surface area (Å²) >= 11 is 0. The Bertz CT molecular complexity index is 818. The lowest BCUT2D eigenvalue weighted by molar-refractivity contribution is 0.612. The summed E-state index contributed by atoms with van der Waals surface area (Å²) in [5.74, 6) is -0.290. The molecule has 1 atom stereocenters. The van der Waals surface area contributed by atoms with Crippen LogP contribution in [0, 0.1) is 19.7 Å². The number of halogens is 1. The molecule has 3 aromatic rings. The number of nitrogens with zero attached hydrogens (tertiary/aromatic N) is 2. The molecule has 0 aliphatic carbocycles. The minimum atomic E-state index is -0.290. The molecule has 108 valence electrons. The Kier molecular flexibility index (Phi) is 3.26. The number of rotatable bonds is 2. The van der Waals surface area contributed by atoms with Crippen molar-refractivity contribution in [3.8, 4) is 5.69 Å². The van der Waals surface area contributed by atoms with Crippen molar-refractivity contribution in [1.29, 1.82) is 0 Å². The van der Waals surface area contributed by atoms with E-state index < -0.39 is 0 Å². The van der Waals surface area contributed by atoms with Crippen molar-refractivity contribution in [2.24, 2.45) is 5.73 Å². The SMILES string of the molecule is Cc1cc2ncn(-c3c(F)cccc3[C@H](C)N)c2cc1C. The van der Waals surface area contributed by atoms with Crippen molar-refractivity contribution >= 4 is 11.0 Å². The topological polar surface area (TPSA) is 43.8 Å². The fourth-order valence-electron chi connectivity index (χ4n) is 2.60. The Morgan fingerprint density at radius 1 is 1.19 bits per heavy atom. The lowest BCUT2D eigenvalue weighted by Crippen LogP contribution is -2.11. The van der Waals surface area contributed by atoms with E-state index in [0.29, 0.717) is 5.69 Å². The first-order valence-corrected chi connectivity index (χ1v) is 6.97. The van der Waals surface area contributed by atoms with Crippen LogP contribution in [0.15, 0.2) is 36.7 Å². The van der Waals surface area contributed by atoms with Gasteiger partial charge in [0.05, 0.1) is 16.7 Å². The summed E-state index contributed by atoms with van der Waals surface area (Å²) in [6, 6.07) is 8.80. The summed E-state index contributed by atoms with van der Waals surface area (Å²) in [5, 5.41) is 0. The molecule has 0 aliphatic heterocycles. The van der Waals surface area contributed by atoms with Crippen LogP contribution in [0.2, 0.25) is 0 Å². The average molecular weight is 283 g/mol. The molecule has 0 saturated heterocycles. The fraction of sp³-hybridized carbons (Fsp3) is 0.235. The average Bonchev–Trinajstić information content (AvgIpc) is 2.81. The van der Waals surface area contributed by atoms with Crippen LogP contribution in [-0.4, -0.2) is 9.55 Å². The van der Waals surface area contributed by atoms with E-state index in [1.807, 2.05) is 39.0 Å². The van der Waals surface area contributed by atoms with Gasteiger partial charge in [-0.2, -0.15) is 0 Å². The maximum Gasteiger partial charge on any atom is 0.147 e. The number of hydrogen-bond donors (Lipinski definition) is 1. The molecular weight excluding hydrogens is 265 g/mol. The van der Waals surface area contributed by atoms with Crippen molar-refractivity contribution in [2.75, 3.05) is 0 Å². The molecular formula is C17H18FN3. The van der Waals surface area contributed by atoms with Gasteiger partial charge in [-0.15, -0.1) is 0 Å².